The maximum Gasteiger partial charge on any atom is 0.416 e. The summed E-state index contributed by atoms with van der Waals surface area (Å²) in [6.45, 7) is 0. The Morgan fingerprint density at radius 3 is 1.96 bits per heavy atom. The Kier molecular flexibility index (Phi) is 3.61. The smallest absolute Gasteiger partial charge is 0.354 e. The summed E-state index contributed by atoms with van der Waals surface area (Å²) in [6.07, 6.45) is -4.33. The van der Waals surface area contributed by atoms with Crippen LogP contribution < -0.4 is 0 Å². The number of fused-ring (bicyclic) bond motifs is 1. The molecule has 3 aromatic carbocycles. The van der Waals surface area contributed by atoms with Crippen LogP contribution >= 0.6 is 0 Å². The van der Waals surface area contributed by atoms with Crippen LogP contribution in [-0.2, 0) is 6.18 Å². The zero-order chi connectivity index (χ0) is 17.4. The molecule has 4 aromatic rings. The number of rotatable bonds is 2. The number of hydrogen-bond acceptors (Lipinski definition) is 0. The molecule has 1 aromatic heterocycles. The lowest BCUT2D eigenvalue weighted by atomic mass is 9.98. The molecule has 0 unspecified atom stereocenters. The van der Waals surface area contributed by atoms with Crippen LogP contribution in [0.3, 0.4) is 0 Å². The lowest BCUT2D eigenvalue weighted by Crippen LogP contribution is -2.04. The number of para-hydroxylation sites is 1. The Bertz CT molecular complexity index is 1010. The highest BCUT2D eigenvalue weighted by atomic mass is 19.4. The zero-order valence-electron chi connectivity index (χ0n) is 13.1. The Labute approximate surface area is 142 Å². The molecule has 0 saturated heterocycles. The molecule has 0 saturated carbocycles. The minimum Gasteiger partial charge on any atom is -0.354 e. The number of nitrogens with one attached hydrogen (secondary N) is 1. The van der Waals surface area contributed by atoms with Crippen molar-refractivity contribution in [2.24, 2.45) is 0 Å². The molecule has 124 valence electrons. The van der Waals surface area contributed by atoms with Crippen LogP contribution in [0.2, 0.25) is 0 Å². The van der Waals surface area contributed by atoms with Crippen LogP contribution in [0.1, 0.15) is 5.56 Å². The molecule has 1 heterocycles. The van der Waals surface area contributed by atoms with E-state index in [1.54, 1.807) is 0 Å². The summed E-state index contributed by atoms with van der Waals surface area (Å²) in [5, 5.41) is 1.04. The van der Waals surface area contributed by atoms with E-state index in [2.05, 4.69) is 4.98 Å². The predicted octanol–water partition coefficient (Wildman–Crippen LogP) is 6.52. The molecule has 0 spiro atoms. The van der Waals surface area contributed by atoms with Crippen molar-refractivity contribution in [1.82, 2.24) is 4.98 Å². The summed E-state index contributed by atoms with van der Waals surface area (Å²) in [5.41, 5.74) is 3.87. The maximum absolute atomic E-state index is 12.8. The maximum atomic E-state index is 12.8. The number of aromatic nitrogens is 1. The van der Waals surface area contributed by atoms with Crippen molar-refractivity contribution < 1.29 is 13.2 Å². The third-order valence-electron chi connectivity index (χ3n) is 4.27. The largest absolute Gasteiger partial charge is 0.416 e. The first kappa shape index (κ1) is 15.5. The highest BCUT2D eigenvalue weighted by Crippen LogP contribution is 2.39. The van der Waals surface area contributed by atoms with Crippen LogP contribution in [0.5, 0.6) is 0 Å². The molecule has 0 atom stereocenters. The van der Waals surface area contributed by atoms with Crippen LogP contribution in [0.4, 0.5) is 13.2 Å². The average molecular weight is 337 g/mol. The van der Waals surface area contributed by atoms with E-state index in [9.17, 15) is 13.2 Å². The summed E-state index contributed by atoms with van der Waals surface area (Å²) in [7, 11) is 0. The van der Waals surface area contributed by atoms with Gasteiger partial charge in [0.2, 0.25) is 0 Å². The van der Waals surface area contributed by atoms with Gasteiger partial charge in [0.05, 0.1) is 11.3 Å². The summed E-state index contributed by atoms with van der Waals surface area (Å²) >= 11 is 0. The summed E-state index contributed by atoms with van der Waals surface area (Å²) < 4.78 is 38.5. The monoisotopic (exact) mass is 337 g/mol. The Morgan fingerprint density at radius 2 is 1.28 bits per heavy atom. The average Bonchev–Trinajstić information content (AvgIpc) is 3.01. The van der Waals surface area contributed by atoms with Crippen molar-refractivity contribution in [1.29, 1.82) is 0 Å². The number of benzene rings is 3. The van der Waals surface area contributed by atoms with Crippen molar-refractivity contribution >= 4 is 10.9 Å². The molecule has 0 aliphatic carbocycles. The van der Waals surface area contributed by atoms with Crippen LogP contribution in [0, 0.1) is 0 Å². The van der Waals surface area contributed by atoms with Crippen molar-refractivity contribution in [3.8, 4) is 22.4 Å². The summed E-state index contributed by atoms with van der Waals surface area (Å²) in [4.78, 5) is 3.36. The quantitative estimate of drug-likeness (QED) is 0.428. The van der Waals surface area contributed by atoms with E-state index in [1.807, 2.05) is 54.6 Å². The first-order chi connectivity index (χ1) is 12.0. The highest BCUT2D eigenvalue weighted by Gasteiger charge is 2.30. The van der Waals surface area contributed by atoms with Crippen LogP contribution in [-0.4, -0.2) is 4.98 Å². The fourth-order valence-electron chi connectivity index (χ4n) is 3.09. The molecule has 0 bridgehead atoms. The van der Waals surface area contributed by atoms with E-state index in [1.165, 1.54) is 12.1 Å². The molecule has 0 radical (unpaired) electrons. The fraction of sp³-hybridized carbons (Fsp3) is 0.0476. The SMILES string of the molecule is FC(F)(F)c1ccc(-c2[nH]c3ccccc3c2-c2ccccc2)cc1. The molecule has 0 aliphatic rings. The molecule has 0 amide bonds. The van der Waals surface area contributed by atoms with E-state index < -0.39 is 11.7 Å². The number of alkyl halides is 3. The van der Waals surface area contributed by atoms with Crippen molar-refractivity contribution in [3.05, 3.63) is 84.4 Å². The summed E-state index contributed by atoms with van der Waals surface area (Å²) in [6, 6.07) is 23.0. The molecule has 0 aliphatic heterocycles. The van der Waals surface area contributed by atoms with E-state index in [-0.39, 0.29) is 0 Å². The highest BCUT2D eigenvalue weighted by molar-refractivity contribution is 6.03. The van der Waals surface area contributed by atoms with Gasteiger partial charge < -0.3 is 4.98 Å². The molecule has 0 fully saturated rings. The molecular weight excluding hydrogens is 323 g/mol. The van der Waals surface area contributed by atoms with Crippen molar-refractivity contribution in [3.63, 3.8) is 0 Å². The Hall–Kier alpha value is -3.01. The normalized spacial score (nSPS) is 11.8. The van der Waals surface area contributed by atoms with Gasteiger partial charge in [-0.2, -0.15) is 13.2 Å². The molecular formula is C21H14F3N. The van der Waals surface area contributed by atoms with Crippen LogP contribution in [0.15, 0.2) is 78.9 Å². The predicted molar refractivity (Wildman–Crippen MR) is 94.2 cm³/mol. The second-order valence-electron chi connectivity index (χ2n) is 5.86. The molecule has 1 nitrogen and oxygen atoms in total. The lowest BCUT2D eigenvalue weighted by molar-refractivity contribution is -0.137. The van der Waals surface area contributed by atoms with E-state index >= 15 is 0 Å². The lowest BCUT2D eigenvalue weighted by Gasteiger charge is -2.09. The van der Waals surface area contributed by atoms with Gasteiger partial charge in [0.15, 0.2) is 0 Å². The molecule has 1 N–H and O–H groups in total. The molecule has 25 heavy (non-hydrogen) atoms. The van der Waals surface area contributed by atoms with Crippen molar-refractivity contribution in [2.75, 3.05) is 0 Å². The second-order valence-corrected chi connectivity index (χ2v) is 5.86. The molecule has 4 rings (SSSR count). The second kappa shape index (κ2) is 5.81. The first-order valence-electron chi connectivity index (χ1n) is 7.88. The van der Waals surface area contributed by atoms with Gasteiger partial charge in [-0.1, -0.05) is 60.7 Å². The van der Waals surface area contributed by atoms with E-state index in [0.29, 0.717) is 0 Å². The minimum absolute atomic E-state index is 0.645. The molecule has 4 heteroatoms. The third-order valence-corrected chi connectivity index (χ3v) is 4.27. The zero-order valence-corrected chi connectivity index (χ0v) is 13.1. The third kappa shape index (κ3) is 2.80. The van der Waals surface area contributed by atoms with Gasteiger partial charge in [-0.25, -0.2) is 0 Å². The standard InChI is InChI=1S/C21H14F3N/c22-21(23,24)16-12-10-15(11-13-16)20-19(14-6-2-1-3-7-14)17-8-4-5-9-18(17)25-20/h1-13,25H. The number of halogens is 3. The fourth-order valence-corrected chi connectivity index (χ4v) is 3.09. The number of aromatic amines is 1. The van der Waals surface area contributed by atoms with Gasteiger partial charge in [0, 0.05) is 16.5 Å². The Morgan fingerprint density at radius 1 is 0.640 bits per heavy atom. The van der Waals surface area contributed by atoms with E-state index in [0.717, 1.165) is 45.4 Å². The van der Waals surface area contributed by atoms with Gasteiger partial charge in [-0.05, 0) is 29.3 Å². The van der Waals surface area contributed by atoms with Gasteiger partial charge in [-0.3, -0.25) is 0 Å². The first-order valence-corrected chi connectivity index (χ1v) is 7.88. The number of H-pyrrole nitrogens is 1. The Balaban J connectivity index is 1.93. The van der Waals surface area contributed by atoms with Gasteiger partial charge in [-0.15, -0.1) is 0 Å². The topological polar surface area (TPSA) is 15.8 Å². The van der Waals surface area contributed by atoms with Crippen molar-refractivity contribution in [2.45, 2.75) is 6.18 Å². The van der Waals surface area contributed by atoms with Gasteiger partial charge >= 0.3 is 6.18 Å². The summed E-state index contributed by atoms with van der Waals surface area (Å²) in [5.74, 6) is 0. The van der Waals surface area contributed by atoms with E-state index in [4.69, 9.17) is 0 Å². The van der Waals surface area contributed by atoms with Gasteiger partial charge in [0.1, 0.15) is 0 Å². The van der Waals surface area contributed by atoms with Crippen LogP contribution in [0.25, 0.3) is 33.3 Å². The minimum atomic E-state index is -4.33. The van der Waals surface area contributed by atoms with Gasteiger partial charge in [0.25, 0.3) is 0 Å². The number of hydrogen-bond donors (Lipinski definition) is 1.